The Morgan fingerprint density at radius 2 is 2.20 bits per heavy atom. The summed E-state index contributed by atoms with van der Waals surface area (Å²) in [6.45, 7) is 3.31. The summed E-state index contributed by atoms with van der Waals surface area (Å²) in [6.07, 6.45) is 1.54. The van der Waals surface area contributed by atoms with Gasteiger partial charge in [-0.15, -0.1) is 0 Å². The molecule has 1 aromatic heterocycles. The minimum atomic E-state index is -0.438. The van der Waals surface area contributed by atoms with Crippen LogP contribution < -0.4 is 4.90 Å². The molecule has 1 heterocycles. The van der Waals surface area contributed by atoms with Gasteiger partial charge in [-0.3, -0.25) is 10.1 Å². The number of halogens is 1. The highest BCUT2D eigenvalue weighted by Crippen LogP contribution is 2.29. The second-order valence-corrected chi connectivity index (χ2v) is 5.16. The zero-order chi connectivity index (χ0) is 15.1. The number of pyridine rings is 1. The number of methoxy groups -OCH3 is 2. The number of nitrogens with zero attached hydrogens (tertiary/aromatic N) is 3. The van der Waals surface area contributed by atoms with Crippen molar-refractivity contribution in [1.82, 2.24) is 4.98 Å². The van der Waals surface area contributed by atoms with Crippen LogP contribution in [0.2, 0.25) is 0 Å². The molecule has 1 unspecified atom stereocenters. The average molecular weight is 348 g/mol. The van der Waals surface area contributed by atoms with Crippen molar-refractivity contribution in [3.8, 4) is 0 Å². The van der Waals surface area contributed by atoms with Crippen LogP contribution in [0.4, 0.5) is 11.5 Å². The maximum absolute atomic E-state index is 11.2. The van der Waals surface area contributed by atoms with E-state index in [4.69, 9.17) is 9.47 Å². The van der Waals surface area contributed by atoms with Gasteiger partial charge in [0.25, 0.3) is 0 Å². The van der Waals surface area contributed by atoms with Crippen LogP contribution in [0, 0.1) is 10.1 Å². The molecule has 0 aliphatic heterocycles. The SMILES string of the molecule is COCCN(c1ncc(Br)cc1[N+](=O)[O-])C(C)COC. The Bertz CT molecular complexity index is 458. The summed E-state index contributed by atoms with van der Waals surface area (Å²) in [5, 5.41) is 11.2. The van der Waals surface area contributed by atoms with Crippen molar-refractivity contribution < 1.29 is 14.4 Å². The average Bonchev–Trinajstić information content (AvgIpc) is 2.40. The molecule has 8 heteroatoms. The van der Waals surface area contributed by atoms with Gasteiger partial charge >= 0.3 is 5.69 Å². The fourth-order valence-corrected chi connectivity index (χ4v) is 2.15. The number of hydrogen-bond acceptors (Lipinski definition) is 6. The van der Waals surface area contributed by atoms with Crippen LogP contribution in [0.3, 0.4) is 0 Å². The predicted molar refractivity (Wildman–Crippen MR) is 79.2 cm³/mol. The molecular weight excluding hydrogens is 330 g/mol. The molecule has 1 aromatic rings. The number of aromatic nitrogens is 1. The third-order valence-corrected chi connectivity index (χ3v) is 3.19. The Hall–Kier alpha value is -1.25. The largest absolute Gasteiger partial charge is 0.383 e. The first-order valence-electron chi connectivity index (χ1n) is 6.05. The topological polar surface area (TPSA) is 77.7 Å². The van der Waals surface area contributed by atoms with Crippen molar-refractivity contribution in [3.63, 3.8) is 0 Å². The first kappa shape index (κ1) is 16.8. The Morgan fingerprint density at radius 1 is 1.50 bits per heavy atom. The molecule has 0 aliphatic rings. The maximum atomic E-state index is 11.2. The third-order valence-electron chi connectivity index (χ3n) is 2.76. The van der Waals surface area contributed by atoms with Gasteiger partial charge in [0.15, 0.2) is 0 Å². The van der Waals surface area contributed by atoms with E-state index in [-0.39, 0.29) is 11.7 Å². The molecule has 0 saturated carbocycles. The fourth-order valence-electron chi connectivity index (χ4n) is 1.83. The quantitative estimate of drug-likeness (QED) is 0.530. The summed E-state index contributed by atoms with van der Waals surface area (Å²) in [6, 6.07) is 1.39. The van der Waals surface area contributed by atoms with E-state index in [2.05, 4.69) is 20.9 Å². The Morgan fingerprint density at radius 3 is 2.75 bits per heavy atom. The normalized spacial score (nSPS) is 12.2. The Balaban J connectivity index is 3.14. The molecule has 0 aliphatic carbocycles. The summed E-state index contributed by atoms with van der Waals surface area (Å²) in [7, 11) is 3.18. The van der Waals surface area contributed by atoms with E-state index >= 15 is 0 Å². The summed E-state index contributed by atoms with van der Waals surface area (Å²) in [5.41, 5.74) is -0.0431. The molecule has 0 radical (unpaired) electrons. The third kappa shape index (κ3) is 4.39. The second-order valence-electron chi connectivity index (χ2n) is 4.24. The van der Waals surface area contributed by atoms with Gasteiger partial charge in [-0.2, -0.15) is 0 Å². The molecule has 7 nitrogen and oxygen atoms in total. The number of hydrogen-bond donors (Lipinski definition) is 0. The van der Waals surface area contributed by atoms with Crippen LogP contribution in [-0.4, -0.2) is 49.9 Å². The van der Waals surface area contributed by atoms with Crippen LogP contribution in [0.1, 0.15) is 6.92 Å². The highest BCUT2D eigenvalue weighted by atomic mass is 79.9. The zero-order valence-electron chi connectivity index (χ0n) is 11.7. The number of anilines is 1. The zero-order valence-corrected chi connectivity index (χ0v) is 13.3. The number of nitro groups is 1. The summed E-state index contributed by atoms with van der Waals surface area (Å²) in [4.78, 5) is 16.7. The highest BCUT2D eigenvalue weighted by Gasteiger charge is 2.25. The van der Waals surface area contributed by atoms with E-state index in [1.165, 1.54) is 6.07 Å². The van der Waals surface area contributed by atoms with Gasteiger partial charge in [0.2, 0.25) is 5.82 Å². The summed E-state index contributed by atoms with van der Waals surface area (Å²) < 4.78 is 10.7. The molecule has 20 heavy (non-hydrogen) atoms. The summed E-state index contributed by atoms with van der Waals surface area (Å²) >= 11 is 3.20. The molecule has 0 spiro atoms. The van der Waals surface area contributed by atoms with Crippen molar-refractivity contribution in [1.29, 1.82) is 0 Å². The Labute approximate surface area is 126 Å². The molecule has 112 valence electrons. The molecular formula is C12H18BrN3O4. The fraction of sp³-hybridized carbons (Fsp3) is 0.583. The Kier molecular flexibility index (Phi) is 6.83. The van der Waals surface area contributed by atoms with E-state index in [1.54, 1.807) is 20.4 Å². The van der Waals surface area contributed by atoms with E-state index in [9.17, 15) is 10.1 Å². The van der Waals surface area contributed by atoms with Crippen molar-refractivity contribution >= 4 is 27.4 Å². The predicted octanol–water partition coefficient (Wildman–Crippen LogP) is 2.24. The van der Waals surface area contributed by atoms with Crippen LogP contribution in [0.25, 0.3) is 0 Å². The summed E-state index contributed by atoms with van der Waals surface area (Å²) in [5.74, 6) is 0.319. The maximum Gasteiger partial charge on any atom is 0.312 e. The van der Waals surface area contributed by atoms with Crippen LogP contribution in [0.15, 0.2) is 16.7 Å². The lowest BCUT2D eigenvalue weighted by atomic mass is 10.2. The minimum Gasteiger partial charge on any atom is -0.383 e. The molecule has 1 rings (SSSR count). The van der Waals surface area contributed by atoms with Gasteiger partial charge in [0, 0.05) is 37.5 Å². The lowest BCUT2D eigenvalue weighted by molar-refractivity contribution is -0.384. The number of ether oxygens (including phenoxy) is 2. The lowest BCUT2D eigenvalue weighted by Gasteiger charge is -2.29. The van der Waals surface area contributed by atoms with Crippen molar-refractivity contribution in [2.75, 3.05) is 38.9 Å². The molecule has 0 amide bonds. The minimum absolute atomic E-state index is 0.0431. The van der Waals surface area contributed by atoms with E-state index in [1.807, 2.05) is 11.8 Å². The van der Waals surface area contributed by atoms with Gasteiger partial charge in [0.05, 0.1) is 24.2 Å². The van der Waals surface area contributed by atoms with Gasteiger partial charge in [0.1, 0.15) is 0 Å². The van der Waals surface area contributed by atoms with Crippen molar-refractivity contribution in [3.05, 3.63) is 26.9 Å². The molecule has 0 fully saturated rings. The van der Waals surface area contributed by atoms with Crippen LogP contribution in [-0.2, 0) is 9.47 Å². The van der Waals surface area contributed by atoms with Gasteiger partial charge < -0.3 is 14.4 Å². The first-order chi connectivity index (χ1) is 9.51. The monoisotopic (exact) mass is 347 g/mol. The molecule has 0 N–H and O–H groups in total. The lowest BCUT2D eigenvalue weighted by Crippen LogP contribution is -2.39. The van der Waals surface area contributed by atoms with Gasteiger partial charge in [-0.25, -0.2) is 4.98 Å². The highest BCUT2D eigenvalue weighted by molar-refractivity contribution is 9.10. The van der Waals surface area contributed by atoms with Crippen molar-refractivity contribution in [2.45, 2.75) is 13.0 Å². The van der Waals surface area contributed by atoms with Crippen molar-refractivity contribution in [2.24, 2.45) is 0 Å². The van der Waals surface area contributed by atoms with E-state index in [0.717, 1.165) is 0 Å². The molecule has 0 aromatic carbocycles. The van der Waals surface area contributed by atoms with Gasteiger partial charge in [-0.05, 0) is 22.9 Å². The van der Waals surface area contributed by atoms with Crippen LogP contribution >= 0.6 is 15.9 Å². The molecule has 0 saturated heterocycles. The molecule has 1 atom stereocenters. The molecule has 0 bridgehead atoms. The van der Waals surface area contributed by atoms with E-state index < -0.39 is 4.92 Å². The number of rotatable bonds is 8. The smallest absolute Gasteiger partial charge is 0.312 e. The standard InChI is InChI=1S/C12H18BrN3O4/c1-9(8-20-3)15(4-5-19-2)12-11(16(17)18)6-10(13)7-14-12/h6-7,9H,4-5,8H2,1-3H3. The van der Waals surface area contributed by atoms with Crippen LogP contribution in [0.5, 0.6) is 0 Å². The first-order valence-corrected chi connectivity index (χ1v) is 6.85. The van der Waals surface area contributed by atoms with Gasteiger partial charge in [-0.1, -0.05) is 0 Å². The van der Waals surface area contributed by atoms with E-state index in [0.29, 0.717) is 30.0 Å². The second kappa shape index (κ2) is 8.13.